The molecule has 4 heteroatoms. The molecule has 0 unspecified atom stereocenters. The molecule has 1 aliphatic heterocycles. The van der Waals surface area contributed by atoms with Gasteiger partial charge < -0.3 is 9.80 Å². The molecule has 1 saturated carbocycles. The van der Waals surface area contributed by atoms with Gasteiger partial charge in [0.05, 0.1) is 0 Å². The molecule has 1 heterocycles. The van der Waals surface area contributed by atoms with Gasteiger partial charge in [-0.2, -0.15) is 0 Å². The van der Waals surface area contributed by atoms with Gasteiger partial charge in [0.2, 0.25) is 0 Å². The van der Waals surface area contributed by atoms with Crippen LogP contribution < -0.4 is 0 Å². The fraction of sp³-hybridized carbons (Fsp3) is 1.00. The lowest BCUT2D eigenvalue weighted by atomic mass is 9.61. The van der Waals surface area contributed by atoms with Crippen molar-refractivity contribution in [1.82, 2.24) is 9.80 Å². The molecule has 2 fully saturated rings. The molecule has 0 amide bonds. The van der Waals surface area contributed by atoms with Crippen LogP contribution in [0.25, 0.3) is 0 Å². The van der Waals surface area contributed by atoms with Crippen molar-refractivity contribution in [3.8, 4) is 0 Å². The maximum absolute atomic E-state index is 2.70. The number of nitrogens with zero attached hydrogens (tertiary/aromatic N) is 2. The average molecular weight is 339 g/mol. The van der Waals surface area contributed by atoms with Gasteiger partial charge in [-0.25, -0.2) is 0 Å². The fourth-order valence-corrected chi connectivity index (χ4v) is 3.82. The van der Waals surface area contributed by atoms with Crippen LogP contribution in [0.5, 0.6) is 0 Å². The first-order valence-electron chi connectivity index (χ1n) is 8.28. The van der Waals surface area contributed by atoms with E-state index in [9.17, 15) is 0 Å². The summed E-state index contributed by atoms with van der Waals surface area (Å²) < 4.78 is 0. The van der Waals surface area contributed by atoms with E-state index in [1.165, 1.54) is 71.1 Å². The Morgan fingerprint density at radius 2 is 1.38 bits per heavy atom. The predicted molar refractivity (Wildman–Crippen MR) is 98.0 cm³/mol. The lowest BCUT2D eigenvalue weighted by Crippen LogP contribution is -2.43. The fourth-order valence-electron chi connectivity index (χ4n) is 3.82. The second kappa shape index (κ2) is 8.96. The summed E-state index contributed by atoms with van der Waals surface area (Å²) in [5.74, 6) is 0. The lowest BCUT2D eigenvalue weighted by Gasteiger charge is -2.48. The van der Waals surface area contributed by atoms with Crippen LogP contribution in [0.15, 0.2) is 0 Å². The molecule has 1 saturated heterocycles. The van der Waals surface area contributed by atoms with Crippen LogP contribution >= 0.6 is 24.8 Å². The molecular weight excluding hydrogens is 303 g/mol. The number of piperidine rings is 1. The Balaban J connectivity index is 0.00000200. The third-order valence-electron chi connectivity index (χ3n) is 5.66. The second-order valence-corrected chi connectivity index (χ2v) is 8.16. The van der Waals surface area contributed by atoms with Gasteiger partial charge in [-0.15, -0.1) is 24.8 Å². The first-order valence-corrected chi connectivity index (χ1v) is 8.28. The van der Waals surface area contributed by atoms with Gasteiger partial charge in [0.1, 0.15) is 0 Å². The largest absolute Gasteiger partial charge is 0.309 e. The van der Waals surface area contributed by atoms with E-state index in [0.717, 1.165) is 5.41 Å². The van der Waals surface area contributed by atoms with Crippen molar-refractivity contribution in [3.63, 3.8) is 0 Å². The van der Waals surface area contributed by atoms with Crippen molar-refractivity contribution >= 4 is 24.8 Å². The predicted octanol–water partition coefficient (Wildman–Crippen LogP) is 4.46. The average Bonchev–Trinajstić information content (AvgIpc) is 2.36. The molecule has 2 rings (SSSR count). The topological polar surface area (TPSA) is 6.48 Å². The van der Waals surface area contributed by atoms with Gasteiger partial charge in [-0.3, -0.25) is 0 Å². The van der Waals surface area contributed by atoms with Crippen LogP contribution in [0.2, 0.25) is 0 Å². The molecule has 0 aromatic heterocycles. The first-order chi connectivity index (χ1) is 8.91. The zero-order chi connectivity index (χ0) is 13.9. The summed E-state index contributed by atoms with van der Waals surface area (Å²) in [7, 11) is 4.35. The third-order valence-corrected chi connectivity index (χ3v) is 5.66. The van der Waals surface area contributed by atoms with E-state index in [1.807, 2.05) is 0 Å². The second-order valence-electron chi connectivity index (χ2n) is 8.16. The van der Waals surface area contributed by atoms with Crippen LogP contribution in [0.3, 0.4) is 0 Å². The summed E-state index contributed by atoms with van der Waals surface area (Å²) in [6.07, 6.45) is 10.1. The van der Waals surface area contributed by atoms with Crippen molar-refractivity contribution in [2.45, 2.75) is 58.8 Å². The van der Waals surface area contributed by atoms with Gasteiger partial charge in [-0.05, 0) is 96.1 Å². The first kappa shape index (κ1) is 21.5. The standard InChI is InChI=1S/C17H34N2.2ClH/c1-16(2)6-8-17(9-7-16)10-14-19(15-11-17)13-5-12-18(3)4;;/h5-15H2,1-4H3;2*1H. The minimum atomic E-state index is 0. The Labute approximate surface area is 144 Å². The Hall–Kier alpha value is 0.500. The smallest absolute Gasteiger partial charge is 0.000654 e. The Kier molecular flexibility index (Phi) is 9.17. The third kappa shape index (κ3) is 6.64. The highest BCUT2D eigenvalue weighted by Crippen LogP contribution is 2.50. The van der Waals surface area contributed by atoms with Gasteiger partial charge in [0.25, 0.3) is 0 Å². The highest BCUT2D eigenvalue weighted by atomic mass is 35.5. The van der Waals surface area contributed by atoms with Crippen molar-refractivity contribution in [3.05, 3.63) is 0 Å². The molecule has 0 aromatic rings. The molecule has 128 valence electrons. The summed E-state index contributed by atoms with van der Waals surface area (Å²) >= 11 is 0. The minimum Gasteiger partial charge on any atom is -0.309 e. The van der Waals surface area contributed by atoms with E-state index in [1.54, 1.807) is 0 Å². The van der Waals surface area contributed by atoms with Crippen molar-refractivity contribution < 1.29 is 0 Å². The number of likely N-dealkylation sites (tertiary alicyclic amines) is 1. The zero-order valence-electron chi connectivity index (χ0n) is 14.5. The number of halogens is 2. The van der Waals surface area contributed by atoms with Crippen LogP contribution in [0, 0.1) is 10.8 Å². The summed E-state index contributed by atoms with van der Waals surface area (Å²) in [6.45, 7) is 10.2. The molecule has 2 aliphatic rings. The van der Waals surface area contributed by atoms with E-state index in [-0.39, 0.29) is 24.8 Å². The highest BCUT2D eigenvalue weighted by molar-refractivity contribution is 5.85. The van der Waals surface area contributed by atoms with E-state index in [2.05, 4.69) is 37.7 Å². The quantitative estimate of drug-likeness (QED) is 0.746. The van der Waals surface area contributed by atoms with Gasteiger partial charge in [0.15, 0.2) is 0 Å². The number of hydrogen-bond donors (Lipinski definition) is 0. The molecule has 0 radical (unpaired) electrons. The Morgan fingerprint density at radius 3 is 1.86 bits per heavy atom. The van der Waals surface area contributed by atoms with Crippen LogP contribution in [-0.2, 0) is 0 Å². The monoisotopic (exact) mass is 338 g/mol. The Morgan fingerprint density at radius 1 is 0.857 bits per heavy atom. The molecule has 1 aliphatic carbocycles. The van der Waals surface area contributed by atoms with E-state index >= 15 is 0 Å². The minimum absolute atomic E-state index is 0. The molecular formula is C17H36Cl2N2. The van der Waals surface area contributed by atoms with Crippen LogP contribution in [0.1, 0.15) is 58.8 Å². The van der Waals surface area contributed by atoms with E-state index in [0.29, 0.717) is 5.41 Å². The number of rotatable bonds is 4. The van der Waals surface area contributed by atoms with E-state index < -0.39 is 0 Å². The molecule has 2 nitrogen and oxygen atoms in total. The molecule has 21 heavy (non-hydrogen) atoms. The van der Waals surface area contributed by atoms with Crippen molar-refractivity contribution in [1.29, 1.82) is 0 Å². The van der Waals surface area contributed by atoms with Crippen molar-refractivity contribution in [2.24, 2.45) is 10.8 Å². The summed E-state index contributed by atoms with van der Waals surface area (Å²) in [4.78, 5) is 5.00. The van der Waals surface area contributed by atoms with Crippen molar-refractivity contribution in [2.75, 3.05) is 40.3 Å². The highest BCUT2D eigenvalue weighted by Gasteiger charge is 2.39. The maximum Gasteiger partial charge on any atom is -0.000654 e. The maximum atomic E-state index is 2.70. The van der Waals surface area contributed by atoms with Crippen LogP contribution in [-0.4, -0.2) is 50.1 Å². The molecule has 1 spiro atoms. The lowest BCUT2D eigenvalue weighted by molar-refractivity contribution is 0.0304. The number of hydrogen-bond acceptors (Lipinski definition) is 2. The summed E-state index contributed by atoms with van der Waals surface area (Å²) in [5, 5.41) is 0. The molecule has 0 aromatic carbocycles. The summed E-state index contributed by atoms with van der Waals surface area (Å²) in [6, 6.07) is 0. The normalized spacial score (nSPS) is 24.4. The van der Waals surface area contributed by atoms with Crippen LogP contribution in [0.4, 0.5) is 0 Å². The van der Waals surface area contributed by atoms with Gasteiger partial charge in [-0.1, -0.05) is 13.8 Å². The molecule has 0 atom stereocenters. The molecule has 0 bridgehead atoms. The summed E-state index contributed by atoms with van der Waals surface area (Å²) in [5.41, 5.74) is 1.35. The van der Waals surface area contributed by atoms with Gasteiger partial charge in [0, 0.05) is 0 Å². The zero-order valence-corrected chi connectivity index (χ0v) is 16.1. The van der Waals surface area contributed by atoms with E-state index in [4.69, 9.17) is 0 Å². The Bertz CT molecular complexity index is 273. The van der Waals surface area contributed by atoms with Gasteiger partial charge >= 0.3 is 0 Å². The SMILES string of the molecule is CN(C)CCCN1CCC2(CC1)CCC(C)(C)CC2.Cl.Cl. The molecule has 0 N–H and O–H groups in total.